The lowest BCUT2D eigenvalue weighted by molar-refractivity contribution is -0.142. The summed E-state index contributed by atoms with van der Waals surface area (Å²) in [4.78, 5) is 35.1. The minimum absolute atomic E-state index is 0.0489. The van der Waals surface area contributed by atoms with Crippen LogP contribution in [0.4, 0.5) is 4.79 Å². The number of carbonyl (C=O) groups is 3. The summed E-state index contributed by atoms with van der Waals surface area (Å²) in [7, 11) is 1.53. The number of rotatable bonds is 4. The third-order valence-corrected chi connectivity index (χ3v) is 3.12. The number of aliphatic carboxylic acids is 1. The molecular formula is C11H19N3O4. The highest BCUT2D eigenvalue weighted by Crippen LogP contribution is 2.22. The molecule has 1 rings (SSSR count). The highest BCUT2D eigenvalue weighted by atomic mass is 16.4. The standard InChI is InChI=1S/C11H19N3O4/c1-7-5-14(6-8(7)10(16)17)11(18)13-4-3-9(15)12-2/h7-8H,3-6H2,1-2H3,(H,12,15)(H,13,18)(H,16,17). The molecule has 7 nitrogen and oxygen atoms in total. The van der Waals surface area contributed by atoms with Gasteiger partial charge in [-0.1, -0.05) is 6.92 Å². The van der Waals surface area contributed by atoms with Gasteiger partial charge in [-0.15, -0.1) is 0 Å². The highest BCUT2D eigenvalue weighted by molar-refractivity contribution is 5.79. The average Bonchev–Trinajstić information content (AvgIpc) is 2.71. The summed E-state index contributed by atoms with van der Waals surface area (Å²) in [6, 6.07) is -0.311. The Bertz CT molecular complexity index is 345. The van der Waals surface area contributed by atoms with Gasteiger partial charge in [-0.2, -0.15) is 0 Å². The van der Waals surface area contributed by atoms with Gasteiger partial charge in [-0.3, -0.25) is 9.59 Å². The number of carbonyl (C=O) groups excluding carboxylic acids is 2. The summed E-state index contributed by atoms with van der Waals surface area (Å²) in [6.07, 6.45) is 0.216. The number of nitrogens with one attached hydrogen (secondary N) is 2. The normalized spacial score (nSPS) is 22.7. The van der Waals surface area contributed by atoms with Crippen molar-refractivity contribution in [3.8, 4) is 0 Å². The Morgan fingerprint density at radius 1 is 1.33 bits per heavy atom. The smallest absolute Gasteiger partial charge is 0.317 e. The Labute approximate surface area is 106 Å². The number of carboxylic acids is 1. The average molecular weight is 257 g/mol. The van der Waals surface area contributed by atoms with Crippen LogP contribution in [0.25, 0.3) is 0 Å². The van der Waals surface area contributed by atoms with Crippen LogP contribution in [0.2, 0.25) is 0 Å². The summed E-state index contributed by atoms with van der Waals surface area (Å²) in [5.41, 5.74) is 0. The maximum absolute atomic E-state index is 11.7. The van der Waals surface area contributed by atoms with Crippen LogP contribution in [0.15, 0.2) is 0 Å². The zero-order valence-electron chi connectivity index (χ0n) is 10.6. The van der Waals surface area contributed by atoms with E-state index in [-0.39, 0.29) is 37.4 Å². The molecule has 1 aliphatic heterocycles. The third kappa shape index (κ3) is 3.61. The molecule has 2 unspecified atom stereocenters. The summed E-state index contributed by atoms with van der Waals surface area (Å²) in [5, 5.41) is 14.0. The lowest BCUT2D eigenvalue weighted by atomic mass is 9.99. The molecule has 1 saturated heterocycles. The van der Waals surface area contributed by atoms with E-state index in [0.717, 1.165) is 0 Å². The van der Waals surface area contributed by atoms with Crippen molar-refractivity contribution in [1.82, 2.24) is 15.5 Å². The molecule has 3 amide bonds. The third-order valence-electron chi connectivity index (χ3n) is 3.12. The second-order valence-corrected chi connectivity index (χ2v) is 4.48. The SMILES string of the molecule is CNC(=O)CCNC(=O)N1CC(C)C(C(=O)O)C1. The monoisotopic (exact) mass is 257 g/mol. The molecule has 0 aromatic rings. The van der Waals surface area contributed by atoms with Crippen molar-refractivity contribution >= 4 is 17.9 Å². The fourth-order valence-electron chi connectivity index (χ4n) is 1.97. The molecule has 1 fully saturated rings. The first-order chi connectivity index (χ1) is 8.45. The lowest BCUT2D eigenvalue weighted by Crippen LogP contribution is -2.40. The van der Waals surface area contributed by atoms with Gasteiger partial charge in [0.05, 0.1) is 5.92 Å². The highest BCUT2D eigenvalue weighted by Gasteiger charge is 2.36. The number of carboxylic acid groups (broad SMARTS) is 1. The van der Waals surface area contributed by atoms with Gasteiger partial charge in [-0.25, -0.2) is 4.79 Å². The van der Waals surface area contributed by atoms with E-state index in [1.54, 1.807) is 0 Å². The van der Waals surface area contributed by atoms with Crippen molar-refractivity contribution in [2.45, 2.75) is 13.3 Å². The molecule has 102 valence electrons. The van der Waals surface area contributed by atoms with Crippen LogP contribution >= 0.6 is 0 Å². The van der Waals surface area contributed by atoms with Crippen LogP contribution in [0.1, 0.15) is 13.3 Å². The number of urea groups is 1. The molecule has 18 heavy (non-hydrogen) atoms. The zero-order chi connectivity index (χ0) is 13.7. The molecule has 0 saturated carbocycles. The molecule has 0 aliphatic carbocycles. The Morgan fingerprint density at radius 3 is 2.50 bits per heavy atom. The van der Waals surface area contributed by atoms with Crippen LogP contribution < -0.4 is 10.6 Å². The second-order valence-electron chi connectivity index (χ2n) is 4.48. The fraction of sp³-hybridized carbons (Fsp3) is 0.727. The molecule has 0 aromatic carbocycles. The molecule has 0 radical (unpaired) electrons. The fourth-order valence-corrected chi connectivity index (χ4v) is 1.97. The van der Waals surface area contributed by atoms with E-state index in [1.165, 1.54) is 11.9 Å². The molecule has 1 heterocycles. The molecule has 0 bridgehead atoms. The van der Waals surface area contributed by atoms with Crippen LogP contribution in [0.3, 0.4) is 0 Å². The molecule has 7 heteroatoms. The van der Waals surface area contributed by atoms with Crippen LogP contribution in [-0.2, 0) is 9.59 Å². The van der Waals surface area contributed by atoms with E-state index in [0.29, 0.717) is 6.54 Å². The first-order valence-corrected chi connectivity index (χ1v) is 5.92. The van der Waals surface area contributed by atoms with Gasteiger partial charge in [0, 0.05) is 33.1 Å². The van der Waals surface area contributed by atoms with Gasteiger partial charge < -0.3 is 20.6 Å². The number of hydrogen-bond acceptors (Lipinski definition) is 3. The van der Waals surface area contributed by atoms with Crippen molar-refractivity contribution in [2.24, 2.45) is 11.8 Å². The predicted molar refractivity (Wildman–Crippen MR) is 63.9 cm³/mol. The number of hydrogen-bond donors (Lipinski definition) is 3. The van der Waals surface area contributed by atoms with Gasteiger partial charge in [0.2, 0.25) is 5.91 Å². The van der Waals surface area contributed by atoms with E-state index in [2.05, 4.69) is 10.6 Å². The summed E-state index contributed by atoms with van der Waals surface area (Å²) in [5.74, 6) is -1.57. The lowest BCUT2D eigenvalue weighted by Gasteiger charge is -2.16. The zero-order valence-corrected chi connectivity index (χ0v) is 10.6. The topological polar surface area (TPSA) is 98.7 Å². The first kappa shape index (κ1) is 14.3. The van der Waals surface area contributed by atoms with Gasteiger partial charge in [-0.05, 0) is 5.92 Å². The van der Waals surface area contributed by atoms with E-state index < -0.39 is 11.9 Å². The Balaban J connectivity index is 2.35. The molecule has 1 aliphatic rings. The van der Waals surface area contributed by atoms with E-state index in [1.807, 2.05) is 6.92 Å². The molecular weight excluding hydrogens is 238 g/mol. The van der Waals surface area contributed by atoms with Gasteiger partial charge in [0.25, 0.3) is 0 Å². The van der Waals surface area contributed by atoms with Crippen LogP contribution in [-0.4, -0.2) is 54.6 Å². The number of amides is 3. The quantitative estimate of drug-likeness (QED) is 0.631. The van der Waals surface area contributed by atoms with Crippen molar-refractivity contribution < 1.29 is 19.5 Å². The van der Waals surface area contributed by atoms with E-state index in [9.17, 15) is 14.4 Å². The summed E-state index contributed by atoms with van der Waals surface area (Å²) in [6.45, 7) is 2.73. The summed E-state index contributed by atoms with van der Waals surface area (Å²) < 4.78 is 0. The Morgan fingerprint density at radius 2 is 2.00 bits per heavy atom. The summed E-state index contributed by atoms with van der Waals surface area (Å²) >= 11 is 0. The molecule has 0 aromatic heterocycles. The van der Waals surface area contributed by atoms with Gasteiger partial charge in [0.1, 0.15) is 0 Å². The largest absolute Gasteiger partial charge is 0.481 e. The minimum Gasteiger partial charge on any atom is -0.481 e. The maximum atomic E-state index is 11.7. The molecule has 3 N–H and O–H groups in total. The van der Waals surface area contributed by atoms with Crippen molar-refractivity contribution in [1.29, 1.82) is 0 Å². The van der Waals surface area contributed by atoms with E-state index in [4.69, 9.17) is 5.11 Å². The Kier molecular flexibility index (Phi) is 4.94. The van der Waals surface area contributed by atoms with Crippen molar-refractivity contribution in [2.75, 3.05) is 26.7 Å². The van der Waals surface area contributed by atoms with Crippen molar-refractivity contribution in [3.05, 3.63) is 0 Å². The number of likely N-dealkylation sites (tertiary alicyclic amines) is 1. The van der Waals surface area contributed by atoms with Crippen molar-refractivity contribution in [3.63, 3.8) is 0 Å². The molecule has 2 atom stereocenters. The molecule has 0 spiro atoms. The van der Waals surface area contributed by atoms with Gasteiger partial charge in [0.15, 0.2) is 0 Å². The predicted octanol–water partition coefficient (Wildman–Crippen LogP) is -0.515. The second kappa shape index (κ2) is 6.23. The Hall–Kier alpha value is -1.79. The minimum atomic E-state index is -0.872. The van der Waals surface area contributed by atoms with Crippen LogP contribution in [0.5, 0.6) is 0 Å². The van der Waals surface area contributed by atoms with E-state index >= 15 is 0 Å². The maximum Gasteiger partial charge on any atom is 0.317 e. The first-order valence-electron chi connectivity index (χ1n) is 5.92. The van der Waals surface area contributed by atoms with Gasteiger partial charge >= 0.3 is 12.0 Å². The number of nitrogens with zero attached hydrogens (tertiary/aromatic N) is 1. The van der Waals surface area contributed by atoms with Crippen LogP contribution in [0, 0.1) is 11.8 Å².